The number of anilines is 2. The van der Waals surface area contributed by atoms with Gasteiger partial charge in [0.25, 0.3) is 5.91 Å². The van der Waals surface area contributed by atoms with Crippen molar-refractivity contribution in [3.63, 3.8) is 0 Å². The Balaban J connectivity index is 1.52. The third-order valence-electron chi connectivity index (χ3n) is 4.84. The molecule has 3 heterocycles. The van der Waals surface area contributed by atoms with Crippen molar-refractivity contribution in [1.82, 2.24) is 14.8 Å². The van der Waals surface area contributed by atoms with Crippen molar-refractivity contribution in [2.45, 2.75) is 19.8 Å². The summed E-state index contributed by atoms with van der Waals surface area (Å²) >= 11 is 0. The maximum absolute atomic E-state index is 12.8. The molecule has 1 aliphatic heterocycles. The number of aromatic nitrogens is 3. The Morgan fingerprint density at radius 1 is 1.16 bits per heavy atom. The summed E-state index contributed by atoms with van der Waals surface area (Å²) < 4.78 is 6.89. The first-order valence-electron chi connectivity index (χ1n) is 9.81. The van der Waals surface area contributed by atoms with E-state index in [-0.39, 0.29) is 23.9 Å². The second kappa shape index (κ2) is 8.39. The Kier molecular flexibility index (Phi) is 5.48. The molecule has 0 saturated carbocycles. The van der Waals surface area contributed by atoms with E-state index in [2.05, 4.69) is 15.4 Å². The summed E-state index contributed by atoms with van der Waals surface area (Å²) in [6, 6.07) is 12.4. The molecule has 1 aliphatic rings. The largest absolute Gasteiger partial charge is 0.452 e. The van der Waals surface area contributed by atoms with E-state index in [9.17, 15) is 14.4 Å². The number of carbonyl (C=O) groups is 3. The van der Waals surface area contributed by atoms with Crippen LogP contribution in [0.5, 0.6) is 0 Å². The number of fused-ring (bicyclic) bond motifs is 1. The Morgan fingerprint density at radius 2 is 1.94 bits per heavy atom. The predicted octanol–water partition coefficient (Wildman–Crippen LogP) is 2.53. The first-order chi connectivity index (χ1) is 15.0. The highest BCUT2D eigenvalue weighted by atomic mass is 16.5. The lowest BCUT2D eigenvalue weighted by Crippen LogP contribution is -2.44. The Bertz CT molecular complexity index is 1140. The minimum absolute atomic E-state index is 0.0413. The highest BCUT2D eigenvalue weighted by Gasteiger charge is 2.28. The summed E-state index contributed by atoms with van der Waals surface area (Å²) in [5, 5.41) is 7.01. The van der Waals surface area contributed by atoms with E-state index in [0.29, 0.717) is 22.9 Å². The third kappa shape index (κ3) is 4.02. The van der Waals surface area contributed by atoms with Crippen molar-refractivity contribution in [2.24, 2.45) is 0 Å². The van der Waals surface area contributed by atoms with Gasteiger partial charge in [-0.1, -0.05) is 32.0 Å². The maximum atomic E-state index is 12.8. The van der Waals surface area contributed by atoms with Gasteiger partial charge in [-0.2, -0.15) is 5.10 Å². The molecular weight excluding hydrogens is 398 g/mol. The monoisotopic (exact) mass is 419 g/mol. The normalized spacial score (nSPS) is 13.0. The van der Waals surface area contributed by atoms with Gasteiger partial charge in [0.1, 0.15) is 12.1 Å². The highest BCUT2D eigenvalue weighted by molar-refractivity contribution is 6.10. The van der Waals surface area contributed by atoms with Gasteiger partial charge in [-0.05, 0) is 30.2 Å². The zero-order chi connectivity index (χ0) is 22.0. The molecule has 0 bridgehead atoms. The van der Waals surface area contributed by atoms with Crippen molar-refractivity contribution in [3.05, 3.63) is 66.1 Å². The van der Waals surface area contributed by atoms with Crippen LogP contribution in [0.1, 0.15) is 35.8 Å². The lowest BCUT2D eigenvalue weighted by molar-refractivity contribution is -0.124. The van der Waals surface area contributed by atoms with E-state index < -0.39 is 18.5 Å². The summed E-state index contributed by atoms with van der Waals surface area (Å²) in [4.78, 5) is 43.0. The number of carbonyl (C=O) groups excluding carboxylic acids is 3. The minimum Gasteiger partial charge on any atom is -0.452 e. The van der Waals surface area contributed by atoms with Gasteiger partial charge in [0.2, 0.25) is 5.91 Å². The number of pyridine rings is 1. The number of hydrogen-bond donors (Lipinski definition) is 1. The zero-order valence-corrected chi connectivity index (χ0v) is 17.1. The van der Waals surface area contributed by atoms with Crippen molar-refractivity contribution in [2.75, 3.05) is 23.4 Å². The molecule has 2 amide bonds. The van der Waals surface area contributed by atoms with Gasteiger partial charge in [0.15, 0.2) is 12.4 Å². The van der Waals surface area contributed by atoms with Crippen LogP contribution in [0.4, 0.5) is 11.4 Å². The molecule has 1 aromatic carbocycles. The average molecular weight is 419 g/mol. The van der Waals surface area contributed by atoms with E-state index >= 15 is 0 Å². The average Bonchev–Trinajstić information content (AvgIpc) is 3.23. The van der Waals surface area contributed by atoms with Gasteiger partial charge in [-0.3, -0.25) is 14.5 Å². The van der Waals surface area contributed by atoms with Crippen LogP contribution < -0.4 is 10.2 Å². The molecule has 0 unspecified atom stereocenters. The van der Waals surface area contributed by atoms with Gasteiger partial charge in [0.05, 0.1) is 23.3 Å². The number of para-hydroxylation sites is 2. The Labute approximate surface area is 178 Å². The van der Waals surface area contributed by atoms with Crippen LogP contribution in [0.2, 0.25) is 0 Å². The van der Waals surface area contributed by atoms with Crippen molar-refractivity contribution < 1.29 is 19.1 Å². The maximum Gasteiger partial charge on any atom is 0.342 e. The molecular formula is C22H21N5O4. The lowest BCUT2D eigenvalue weighted by atomic mass is 10.1. The van der Waals surface area contributed by atoms with E-state index in [4.69, 9.17) is 4.74 Å². The summed E-state index contributed by atoms with van der Waals surface area (Å²) in [5.41, 5.74) is 2.01. The standard InChI is InChI=1S/C22H21N5O4/c1-14(2)21-15(11-24-27(21)18-9-5-6-10-23-18)22(30)31-13-20(29)26-12-19(28)25-16-7-3-4-8-17(16)26/h3-11,14H,12-13H2,1-2H3,(H,25,28). The molecule has 4 rings (SSSR count). The van der Waals surface area contributed by atoms with Gasteiger partial charge in [0, 0.05) is 6.20 Å². The van der Waals surface area contributed by atoms with Crippen molar-refractivity contribution in [3.8, 4) is 5.82 Å². The number of nitrogens with one attached hydrogen (secondary N) is 1. The van der Waals surface area contributed by atoms with Crippen LogP contribution >= 0.6 is 0 Å². The number of ether oxygens (including phenoxy) is 1. The molecule has 0 spiro atoms. The molecule has 3 aromatic rings. The zero-order valence-electron chi connectivity index (χ0n) is 17.1. The fourth-order valence-corrected chi connectivity index (χ4v) is 3.47. The van der Waals surface area contributed by atoms with Crippen LogP contribution in [-0.2, 0) is 14.3 Å². The number of esters is 1. The molecule has 0 radical (unpaired) electrons. The third-order valence-corrected chi connectivity index (χ3v) is 4.84. The minimum atomic E-state index is -0.658. The quantitative estimate of drug-likeness (QED) is 0.637. The number of benzene rings is 1. The van der Waals surface area contributed by atoms with Gasteiger partial charge in [-0.25, -0.2) is 14.5 Å². The number of hydrogen-bond acceptors (Lipinski definition) is 6. The lowest BCUT2D eigenvalue weighted by Gasteiger charge is -2.28. The highest BCUT2D eigenvalue weighted by Crippen LogP contribution is 2.29. The van der Waals surface area contributed by atoms with E-state index in [0.717, 1.165) is 0 Å². The molecule has 31 heavy (non-hydrogen) atoms. The molecule has 0 atom stereocenters. The summed E-state index contributed by atoms with van der Waals surface area (Å²) in [5.74, 6) is -0.914. The van der Waals surface area contributed by atoms with Crippen LogP contribution in [-0.4, -0.2) is 45.7 Å². The molecule has 0 fully saturated rings. The number of rotatable bonds is 5. The van der Waals surface area contributed by atoms with Gasteiger partial charge in [-0.15, -0.1) is 0 Å². The first-order valence-corrected chi connectivity index (χ1v) is 9.81. The molecule has 2 aromatic heterocycles. The van der Waals surface area contributed by atoms with E-state index in [1.54, 1.807) is 47.3 Å². The number of amides is 2. The van der Waals surface area contributed by atoms with Crippen LogP contribution in [0.15, 0.2) is 54.9 Å². The number of nitrogens with zero attached hydrogens (tertiary/aromatic N) is 4. The molecule has 9 heteroatoms. The van der Waals surface area contributed by atoms with Crippen molar-refractivity contribution in [1.29, 1.82) is 0 Å². The molecule has 1 N–H and O–H groups in total. The van der Waals surface area contributed by atoms with E-state index in [1.807, 2.05) is 19.9 Å². The summed E-state index contributed by atoms with van der Waals surface area (Å²) in [7, 11) is 0. The first kappa shape index (κ1) is 20.3. The smallest absolute Gasteiger partial charge is 0.342 e. The SMILES string of the molecule is CC(C)c1c(C(=O)OCC(=O)N2CC(=O)Nc3ccccc32)cnn1-c1ccccn1. The summed E-state index contributed by atoms with van der Waals surface area (Å²) in [6.45, 7) is 3.23. The van der Waals surface area contributed by atoms with Gasteiger partial charge >= 0.3 is 5.97 Å². The van der Waals surface area contributed by atoms with Crippen molar-refractivity contribution >= 4 is 29.2 Å². The predicted molar refractivity (Wildman–Crippen MR) is 113 cm³/mol. The molecule has 9 nitrogen and oxygen atoms in total. The fourth-order valence-electron chi connectivity index (χ4n) is 3.47. The Hall–Kier alpha value is -4.01. The Morgan fingerprint density at radius 3 is 2.68 bits per heavy atom. The van der Waals surface area contributed by atoms with Crippen LogP contribution in [0.3, 0.4) is 0 Å². The van der Waals surface area contributed by atoms with E-state index in [1.165, 1.54) is 11.1 Å². The summed E-state index contributed by atoms with van der Waals surface area (Å²) in [6.07, 6.45) is 3.06. The molecule has 0 aliphatic carbocycles. The molecule has 158 valence electrons. The van der Waals surface area contributed by atoms with Crippen LogP contribution in [0.25, 0.3) is 5.82 Å². The molecule has 0 saturated heterocycles. The van der Waals surface area contributed by atoms with Gasteiger partial charge < -0.3 is 10.1 Å². The van der Waals surface area contributed by atoms with Crippen LogP contribution in [0, 0.1) is 0 Å². The topological polar surface area (TPSA) is 106 Å². The fraction of sp³-hybridized carbons (Fsp3) is 0.227. The second-order valence-electron chi connectivity index (χ2n) is 7.32. The second-order valence-corrected chi connectivity index (χ2v) is 7.32.